The fourth-order valence-electron chi connectivity index (χ4n) is 9.47. The van der Waals surface area contributed by atoms with E-state index in [1.54, 1.807) is 0 Å². The number of nitrogens with one attached hydrogen (secondary N) is 1. The predicted molar refractivity (Wildman–Crippen MR) is 282 cm³/mol. The highest BCUT2D eigenvalue weighted by Gasteiger charge is 2.23. The molecule has 0 fully saturated rings. The number of para-hydroxylation sites is 3. The van der Waals surface area contributed by atoms with Crippen LogP contribution in [0.5, 0.6) is 0 Å². The summed E-state index contributed by atoms with van der Waals surface area (Å²) in [6.45, 7) is 0. The average molecular weight is 871 g/mol. The number of nitrogens with zero attached hydrogens (tertiary/aromatic N) is 5. The summed E-state index contributed by atoms with van der Waals surface area (Å²) in [7, 11) is 0. The van der Waals surface area contributed by atoms with Crippen LogP contribution in [0.25, 0.3) is 95.0 Å². The van der Waals surface area contributed by atoms with Gasteiger partial charge < -0.3 is 9.13 Å². The minimum Gasteiger partial charge on any atom is -0.307 e. The van der Waals surface area contributed by atoms with Crippen molar-refractivity contribution in [3.63, 3.8) is 0 Å². The zero-order valence-electron chi connectivity index (χ0n) is 36.9. The van der Waals surface area contributed by atoms with E-state index >= 15 is 0 Å². The van der Waals surface area contributed by atoms with Crippen LogP contribution in [0.2, 0.25) is 0 Å². The Labute approximate surface area is 393 Å². The van der Waals surface area contributed by atoms with E-state index in [0.29, 0.717) is 11.5 Å². The maximum atomic E-state index is 9.13. The zero-order valence-corrected chi connectivity index (χ0v) is 36.9. The molecule has 68 heavy (non-hydrogen) atoms. The Hall–Kier alpha value is -9.26. The molecule has 0 unspecified atom stereocenters. The lowest BCUT2D eigenvalue weighted by atomic mass is 10.0. The molecule has 3 aromatic heterocycles. The number of hydrogen-bond acceptors (Lipinski definition) is 3. The molecule has 0 saturated heterocycles. The third kappa shape index (κ3) is 7.27. The second kappa shape index (κ2) is 17.3. The van der Waals surface area contributed by atoms with Crippen LogP contribution in [0.3, 0.4) is 0 Å². The number of aliphatic imine (C=N–C) groups is 1. The Morgan fingerprint density at radius 3 is 1.56 bits per heavy atom. The molecule has 6 nitrogen and oxygen atoms in total. The number of rotatable bonds is 9. The van der Waals surface area contributed by atoms with Crippen LogP contribution in [0.15, 0.2) is 248 Å². The largest absolute Gasteiger partial charge is 0.307 e. The van der Waals surface area contributed by atoms with Gasteiger partial charge in [-0.25, -0.2) is 15.0 Å². The molecule has 0 radical (unpaired) electrons. The van der Waals surface area contributed by atoms with Crippen molar-refractivity contribution in [1.82, 2.24) is 19.1 Å². The molecular weight excluding hydrogens is 829 g/mol. The van der Waals surface area contributed by atoms with E-state index in [1.165, 1.54) is 10.8 Å². The standard InChI is InChI=1S/C62H42N6/c63-61(44-24-10-3-11-25-44)64-53(42-20-6-1-7-21-42)38-34-47-40-46(55-41-54(43-22-8-2-9-23-43)65-62(66-55)45-26-12-4-13-27-45)35-39-56(47)68-58-33-19-17-31-50(58)52-37-36-51-49-30-16-18-32-57(49)67(59(51)60(52)68)48-28-14-5-15-29-48/h1-41,63H/b38-34+,63-61?,64-53?. The van der Waals surface area contributed by atoms with Crippen molar-refractivity contribution in [3.8, 4) is 45.3 Å². The van der Waals surface area contributed by atoms with Crippen LogP contribution in [0.4, 0.5) is 0 Å². The molecule has 6 heteroatoms. The Morgan fingerprint density at radius 1 is 0.426 bits per heavy atom. The topological polar surface area (TPSA) is 71.8 Å². The molecule has 0 aliphatic rings. The normalized spacial score (nSPS) is 11.9. The van der Waals surface area contributed by atoms with Crippen LogP contribution in [-0.4, -0.2) is 30.6 Å². The van der Waals surface area contributed by atoms with E-state index in [0.717, 1.165) is 89.0 Å². The van der Waals surface area contributed by atoms with Gasteiger partial charge in [0.15, 0.2) is 11.7 Å². The molecule has 0 aliphatic heterocycles. The number of hydrogen-bond donors (Lipinski definition) is 1. The van der Waals surface area contributed by atoms with Crippen molar-refractivity contribution in [3.05, 3.63) is 259 Å². The first-order valence-electron chi connectivity index (χ1n) is 22.8. The summed E-state index contributed by atoms with van der Waals surface area (Å²) < 4.78 is 4.85. The molecule has 0 saturated carbocycles. The van der Waals surface area contributed by atoms with Gasteiger partial charge in [-0.1, -0.05) is 200 Å². The van der Waals surface area contributed by atoms with E-state index in [2.05, 4.69) is 155 Å². The van der Waals surface area contributed by atoms with Gasteiger partial charge in [-0.3, -0.25) is 5.41 Å². The third-order valence-electron chi connectivity index (χ3n) is 12.6. The Kier molecular flexibility index (Phi) is 10.2. The third-order valence-corrected chi connectivity index (χ3v) is 12.6. The second-order valence-electron chi connectivity index (χ2n) is 16.8. The van der Waals surface area contributed by atoms with Gasteiger partial charge in [0.05, 0.1) is 44.9 Å². The lowest BCUT2D eigenvalue weighted by Crippen LogP contribution is -2.04. The molecule has 0 amide bonds. The SMILES string of the molecule is N=C(N=C(/C=C/c1cc(-c2cc(-c3ccccc3)nc(-c3ccccc3)n2)ccc1-n1c2ccccc2c2ccc3c4ccccc4n(-c4ccccc4)c3c21)c1ccccc1)c1ccccc1. The molecule has 3 heterocycles. The molecule has 1 N–H and O–H groups in total. The van der Waals surface area contributed by atoms with E-state index < -0.39 is 0 Å². The quantitative estimate of drug-likeness (QED) is 0.116. The molecular formula is C62H42N6. The summed E-state index contributed by atoms with van der Waals surface area (Å²) in [6.07, 6.45) is 4.19. The molecule has 9 aromatic carbocycles. The summed E-state index contributed by atoms with van der Waals surface area (Å²) in [5.41, 5.74) is 14.3. The van der Waals surface area contributed by atoms with Gasteiger partial charge in [0.2, 0.25) is 0 Å². The van der Waals surface area contributed by atoms with Gasteiger partial charge >= 0.3 is 0 Å². The summed E-state index contributed by atoms with van der Waals surface area (Å²) in [5.74, 6) is 0.837. The van der Waals surface area contributed by atoms with Gasteiger partial charge in [-0.15, -0.1) is 0 Å². The van der Waals surface area contributed by atoms with Gasteiger partial charge in [-0.2, -0.15) is 0 Å². The Balaban J connectivity index is 1.15. The number of allylic oxidation sites excluding steroid dienone is 1. The van der Waals surface area contributed by atoms with E-state index in [-0.39, 0.29) is 5.84 Å². The monoisotopic (exact) mass is 870 g/mol. The van der Waals surface area contributed by atoms with Gasteiger partial charge in [0, 0.05) is 55.0 Å². The summed E-state index contributed by atoms with van der Waals surface area (Å²) in [6, 6.07) is 81.6. The minimum atomic E-state index is 0.185. The van der Waals surface area contributed by atoms with Gasteiger partial charge in [-0.05, 0) is 54.1 Å². The Morgan fingerprint density at radius 2 is 0.926 bits per heavy atom. The predicted octanol–water partition coefficient (Wildman–Crippen LogP) is 15.2. The fourth-order valence-corrected chi connectivity index (χ4v) is 9.47. The van der Waals surface area contributed by atoms with E-state index in [4.69, 9.17) is 20.4 Å². The second-order valence-corrected chi connectivity index (χ2v) is 16.8. The van der Waals surface area contributed by atoms with Crippen LogP contribution in [-0.2, 0) is 0 Å². The first-order valence-corrected chi connectivity index (χ1v) is 22.8. The zero-order chi connectivity index (χ0) is 45.4. The lowest BCUT2D eigenvalue weighted by Gasteiger charge is -2.16. The smallest absolute Gasteiger partial charge is 0.160 e. The van der Waals surface area contributed by atoms with Crippen molar-refractivity contribution in [1.29, 1.82) is 5.41 Å². The number of benzene rings is 9. The highest BCUT2D eigenvalue weighted by Crippen LogP contribution is 2.43. The van der Waals surface area contributed by atoms with Gasteiger partial charge in [0.25, 0.3) is 0 Å². The highest BCUT2D eigenvalue weighted by atomic mass is 15.0. The molecule has 12 aromatic rings. The minimum absolute atomic E-state index is 0.185. The first-order chi connectivity index (χ1) is 33.7. The molecule has 320 valence electrons. The molecule has 0 aliphatic carbocycles. The number of aromatic nitrogens is 4. The van der Waals surface area contributed by atoms with Crippen molar-refractivity contribution in [2.75, 3.05) is 0 Å². The maximum Gasteiger partial charge on any atom is 0.160 e. The van der Waals surface area contributed by atoms with E-state index in [9.17, 15) is 0 Å². The average Bonchev–Trinajstić information content (AvgIpc) is 3.94. The number of amidine groups is 1. The molecule has 0 atom stereocenters. The van der Waals surface area contributed by atoms with Crippen LogP contribution >= 0.6 is 0 Å². The molecule has 0 spiro atoms. The summed E-state index contributed by atoms with van der Waals surface area (Å²) in [5, 5.41) is 13.8. The van der Waals surface area contributed by atoms with Crippen molar-refractivity contribution in [2.45, 2.75) is 0 Å². The van der Waals surface area contributed by atoms with Crippen molar-refractivity contribution < 1.29 is 0 Å². The lowest BCUT2D eigenvalue weighted by molar-refractivity contribution is 1.14. The van der Waals surface area contributed by atoms with E-state index in [1.807, 2.05) is 103 Å². The van der Waals surface area contributed by atoms with Gasteiger partial charge in [0.1, 0.15) is 0 Å². The summed E-state index contributed by atoms with van der Waals surface area (Å²) >= 11 is 0. The highest BCUT2D eigenvalue weighted by molar-refractivity contribution is 6.24. The Bertz CT molecular complexity index is 3830. The summed E-state index contributed by atoms with van der Waals surface area (Å²) in [4.78, 5) is 15.4. The molecule has 0 bridgehead atoms. The number of fused-ring (bicyclic) bond motifs is 7. The van der Waals surface area contributed by atoms with Crippen molar-refractivity contribution >= 4 is 61.2 Å². The fraction of sp³-hybridized carbons (Fsp3) is 0. The van der Waals surface area contributed by atoms with Crippen LogP contribution < -0.4 is 0 Å². The van der Waals surface area contributed by atoms with Crippen molar-refractivity contribution in [2.24, 2.45) is 4.99 Å². The maximum absolute atomic E-state index is 9.13. The first kappa shape index (κ1) is 40.3. The molecule has 12 rings (SSSR count). The van der Waals surface area contributed by atoms with Crippen LogP contribution in [0.1, 0.15) is 16.7 Å². The van der Waals surface area contributed by atoms with Crippen LogP contribution in [0, 0.1) is 5.41 Å².